The first-order chi connectivity index (χ1) is 6.79. The SMILES string of the molecule is CC1NCCCC1N(CC#N)CC#N. The third-order valence-electron chi connectivity index (χ3n) is 2.74. The van der Waals surface area contributed by atoms with Crippen LogP contribution < -0.4 is 5.32 Å². The Morgan fingerprint density at radius 1 is 1.36 bits per heavy atom. The molecule has 4 nitrogen and oxygen atoms in total. The van der Waals surface area contributed by atoms with Gasteiger partial charge < -0.3 is 5.32 Å². The van der Waals surface area contributed by atoms with Gasteiger partial charge in [0.2, 0.25) is 0 Å². The van der Waals surface area contributed by atoms with Crippen molar-refractivity contribution in [2.75, 3.05) is 19.6 Å². The molecule has 0 aromatic heterocycles. The van der Waals surface area contributed by atoms with Crippen molar-refractivity contribution >= 4 is 0 Å². The van der Waals surface area contributed by atoms with Crippen LogP contribution in [-0.2, 0) is 0 Å². The molecular weight excluding hydrogens is 176 g/mol. The Balaban J connectivity index is 2.57. The number of piperidine rings is 1. The van der Waals surface area contributed by atoms with Crippen LogP contribution in [0.1, 0.15) is 19.8 Å². The van der Waals surface area contributed by atoms with Crippen LogP contribution in [0.5, 0.6) is 0 Å². The number of nitriles is 2. The molecule has 0 aromatic rings. The first-order valence-electron chi connectivity index (χ1n) is 5.01. The van der Waals surface area contributed by atoms with Gasteiger partial charge in [0.15, 0.2) is 0 Å². The molecule has 1 aliphatic heterocycles. The van der Waals surface area contributed by atoms with Crippen LogP contribution in [0, 0.1) is 22.7 Å². The fourth-order valence-corrected chi connectivity index (χ4v) is 2.00. The quantitative estimate of drug-likeness (QED) is 0.660. The van der Waals surface area contributed by atoms with E-state index < -0.39 is 0 Å². The van der Waals surface area contributed by atoms with Gasteiger partial charge in [-0.1, -0.05) is 0 Å². The predicted molar refractivity (Wildman–Crippen MR) is 53.3 cm³/mol. The largest absolute Gasteiger partial charge is 0.313 e. The summed E-state index contributed by atoms with van der Waals surface area (Å²) < 4.78 is 0. The summed E-state index contributed by atoms with van der Waals surface area (Å²) >= 11 is 0. The van der Waals surface area contributed by atoms with Gasteiger partial charge in [0.25, 0.3) is 0 Å². The molecular formula is C10H16N4. The van der Waals surface area contributed by atoms with Crippen molar-refractivity contribution in [3.8, 4) is 12.1 Å². The Hall–Kier alpha value is -1.10. The van der Waals surface area contributed by atoms with E-state index in [2.05, 4.69) is 24.4 Å². The van der Waals surface area contributed by atoms with Crippen molar-refractivity contribution in [1.82, 2.24) is 10.2 Å². The lowest BCUT2D eigenvalue weighted by atomic mass is 9.98. The van der Waals surface area contributed by atoms with E-state index in [9.17, 15) is 0 Å². The van der Waals surface area contributed by atoms with Crippen LogP contribution in [0.15, 0.2) is 0 Å². The van der Waals surface area contributed by atoms with Gasteiger partial charge in [0.05, 0.1) is 25.2 Å². The second-order valence-corrected chi connectivity index (χ2v) is 3.67. The van der Waals surface area contributed by atoms with Gasteiger partial charge in [0, 0.05) is 12.1 Å². The molecule has 0 aromatic carbocycles. The van der Waals surface area contributed by atoms with Crippen molar-refractivity contribution in [3.05, 3.63) is 0 Å². The van der Waals surface area contributed by atoms with Gasteiger partial charge in [0.1, 0.15) is 0 Å². The maximum Gasteiger partial charge on any atom is 0.0877 e. The highest BCUT2D eigenvalue weighted by Gasteiger charge is 2.26. The van der Waals surface area contributed by atoms with E-state index in [0.717, 1.165) is 19.4 Å². The van der Waals surface area contributed by atoms with Gasteiger partial charge in [-0.25, -0.2) is 0 Å². The monoisotopic (exact) mass is 192 g/mol. The Bertz CT molecular complexity index is 234. The fraction of sp³-hybridized carbons (Fsp3) is 0.800. The molecule has 0 saturated carbocycles. The molecule has 1 saturated heterocycles. The summed E-state index contributed by atoms with van der Waals surface area (Å²) in [5.74, 6) is 0. The summed E-state index contributed by atoms with van der Waals surface area (Å²) in [6, 6.07) is 4.95. The maximum absolute atomic E-state index is 8.66. The molecule has 0 spiro atoms. The fourth-order valence-electron chi connectivity index (χ4n) is 2.00. The molecule has 14 heavy (non-hydrogen) atoms. The molecule has 1 fully saturated rings. The highest BCUT2D eigenvalue weighted by atomic mass is 15.2. The van der Waals surface area contributed by atoms with E-state index in [1.807, 2.05) is 4.90 Å². The molecule has 1 aliphatic rings. The summed E-state index contributed by atoms with van der Waals surface area (Å²) in [4.78, 5) is 1.96. The molecule has 76 valence electrons. The zero-order valence-electron chi connectivity index (χ0n) is 8.53. The van der Waals surface area contributed by atoms with Crippen LogP contribution in [0.2, 0.25) is 0 Å². The predicted octanol–water partition coefficient (Wildman–Crippen LogP) is 0.476. The zero-order valence-corrected chi connectivity index (χ0v) is 8.53. The number of nitrogens with zero attached hydrogens (tertiary/aromatic N) is 3. The Kier molecular flexibility index (Phi) is 4.39. The van der Waals surface area contributed by atoms with E-state index in [4.69, 9.17) is 10.5 Å². The van der Waals surface area contributed by atoms with Crippen LogP contribution in [0.25, 0.3) is 0 Å². The van der Waals surface area contributed by atoms with Gasteiger partial charge in [-0.05, 0) is 26.3 Å². The summed E-state index contributed by atoms with van der Waals surface area (Å²) in [6.07, 6.45) is 2.21. The topological polar surface area (TPSA) is 62.9 Å². The lowest BCUT2D eigenvalue weighted by Gasteiger charge is -2.36. The molecule has 0 bridgehead atoms. The summed E-state index contributed by atoms with van der Waals surface area (Å²) in [7, 11) is 0. The van der Waals surface area contributed by atoms with Crippen molar-refractivity contribution in [3.63, 3.8) is 0 Å². The first-order valence-corrected chi connectivity index (χ1v) is 5.01. The summed E-state index contributed by atoms with van der Waals surface area (Å²) in [5.41, 5.74) is 0. The zero-order chi connectivity index (χ0) is 10.4. The molecule has 1 N–H and O–H groups in total. The Morgan fingerprint density at radius 2 is 2.00 bits per heavy atom. The van der Waals surface area contributed by atoms with Crippen LogP contribution in [0.4, 0.5) is 0 Å². The Morgan fingerprint density at radius 3 is 2.50 bits per heavy atom. The van der Waals surface area contributed by atoms with Crippen LogP contribution in [0.3, 0.4) is 0 Å². The lowest BCUT2D eigenvalue weighted by molar-refractivity contribution is 0.165. The van der Waals surface area contributed by atoms with Gasteiger partial charge in [-0.2, -0.15) is 10.5 Å². The van der Waals surface area contributed by atoms with E-state index in [-0.39, 0.29) is 0 Å². The standard InChI is InChI=1S/C10H16N4/c1-9-10(3-2-6-13-9)14(7-4-11)8-5-12/h9-10,13H,2-3,6-8H2,1H3. The van der Waals surface area contributed by atoms with Crippen molar-refractivity contribution in [2.45, 2.75) is 31.8 Å². The average molecular weight is 192 g/mol. The van der Waals surface area contributed by atoms with E-state index in [1.165, 1.54) is 0 Å². The smallest absolute Gasteiger partial charge is 0.0877 e. The molecule has 4 heteroatoms. The van der Waals surface area contributed by atoms with E-state index >= 15 is 0 Å². The van der Waals surface area contributed by atoms with Crippen molar-refractivity contribution in [2.24, 2.45) is 0 Å². The van der Waals surface area contributed by atoms with E-state index in [0.29, 0.717) is 25.2 Å². The lowest BCUT2D eigenvalue weighted by Crippen LogP contribution is -2.52. The molecule has 0 aliphatic carbocycles. The van der Waals surface area contributed by atoms with Crippen molar-refractivity contribution < 1.29 is 0 Å². The van der Waals surface area contributed by atoms with E-state index in [1.54, 1.807) is 0 Å². The first kappa shape index (κ1) is 11.0. The average Bonchev–Trinajstić information content (AvgIpc) is 2.18. The normalized spacial score (nSPS) is 26.9. The number of rotatable bonds is 3. The van der Waals surface area contributed by atoms with Gasteiger partial charge >= 0.3 is 0 Å². The molecule has 0 amide bonds. The highest BCUT2D eigenvalue weighted by molar-refractivity contribution is 4.93. The molecule has 2 unspecified atom stereocenters. The molecule has 2 atom stereocenters. The summed E-state index contributed by atoms with van der Waals surface area (Å²) in [6.45, 7) is 3.87. The van der Waals surface area contributed by atoms with Crippen LogP contribution >= 0.6 is 0 Å². The maximum atomic E-state index is 8.66. The summed E-state index contributed by atoms with van der Waals surface area (Å²) in [5, 5.41) is 20.7. The minimum atomic E-state index is 0.336. The van der Waals surface area contributed by atoms with Crippen molar-refractivity contribution in [1.29, 1.82) is 10.5 Å². The highest BCUT2D eigenvalue weighted by Crippen LogP contribution is 2.14. The second-order valence-electron chi connectivity index (χ2n) is 3.67. The van der Waals surface area contributed by atoms with Crippen LogP contribution in [-0.4, -0.2) is 36.6 Å². The molecule has 1 rings (SSSR count). The number of hydrogen-bond donors (Lipinski definition) is 1. The third-order valence-corrected chi connectivity index (χ3v) is 2.74. The van der Waals surface area contributed by atoms with Gasteiger partial charge in [-0.3, -0.25) is 4.90 Å². The second kappa shape index (κ2) is 5.59. The molecule has 0 radical (unpaired) electrons. The third kappa shape index (κ3) is 2.70. The molecule has 1 heterocycles. The number of nitrogens with one attached hydrogen (secondary N) is 1. The minimum Gasteiger partial charge on any atom is -0.313 e. The minimum absolute atomic E-state index is 0.336. The Labute approximate surface area is 85.1 Å². The van der Waals surface area contributed by atoms with Gasteiger partial charge in [-0.15, -0.1) is 0 Å². The number of hydrogen-bond acceptors (Lipinski definition) is 4.